The molecule has 112 valence electrons. The molecule has 2 heterocycles. The predicted molar refractivity (Wildman–Crippen MR) is 77.7 cm³/mol. The SMILES string of the molecule is CCN1CCC(CNS(=O)(=O)C2CCNCC2)CC1. The van der Waals surface area contributed by atoms with Crippen molar-refractivity contribution in [2.75, 3.05) is 39.3 Å². The molecule has 2 aliphatic heterocycles. The van der Waals surface area contributed by atoms with Crippen LogP contribution in [0.3, 0.4) is 0 Å². The zero-order valence-corrected chi connectivity index (χ0v) is 12.7. The van der Waals surface area contributed by atoms with Crippen LogP contribution in [0.5, 0.6) is 0 Å². The number of nitrogens with zero attached hydrogens (tertiary/aromatic N) is 1. The average Bonchev–Trinajstić information content (AvgIpc) is 2.47. The van der Waals surface area contributed by atoms with Crippen molar-refractivity contribution in [2.24, 2.45) is 5.92 Å². The van der Waals surface area contributed by atoms with E-state index in [-0.39, 0.29) is 5.25 Å². The van der Waals surface area contributed by atoms with Crippen molar-refractivity contribution in [1.82, 2.24) is 14.9 Å². The minimum atomic E-state index is -3.11. The lowest BCUT2D eigenvalue weighted by atomic mass is 9.97. The maximum absolute atomic E-state index is 12.2. The third kappa shape index (κ3) is 4.41. The molecule has 2 saturated heterocycles. The van der Waals surface area contributed by atoms with Crippen LogP contribution in [0.1, 0.15) is 32.6 Å². The fraction of sp³-hybridized carbons (Fsp3) is 1.00. The van der Waals surface area contributed by atoms with Crippen LogP contribution in [0.25, 0.3) is 0 Å². The highest BCUT2D eigenvalue weighted by molar-refractivity contribution is 7.90. The Labute approximate surface area is 117 Å². The second kappa shape index (κ2) is 7.02. The number of piperidine rings is 2. The van der Waals surface area contributed by atoms with Gasteiger partial charge in [-0.05, 0) is 64.3 Å². The first-order chi connectivity index (χ1) is 9.12. The van der Waals surface area contributed by atoms with E-state index in [1.807, 2.05) is 0 Å². The quantitative estimate of drug-likeness (QED) is 0.769. The van der Waals surface area contributed by atoms with E-state index in [1.165, 1.54) is 0 Å². The molecule has 0 atom stereocenters. The molecule has 0 bridgehead atoms. The Morgan fingerprint density at radius 3 is 2.37 bits per heavy atom. The van der Waals surface area contributed by atoms with Crippen LogP contribution in [-0.4, -0.2) is 57.8 Å². The van der Waals surface area contributed by atoms with E-state index in [9.17, 15) is 8.42 Å². The lowest BCUT2D eigenvalue weighted by Crippen LogP contribution is -2.44. The van der Waals surface area contributed by atoms with Crippen LogP contribution < -0.4 is 10.0 Å². The largest absolute Gasteiger partial charge is 0.317 e. The standard InChI is InChI=1S/C13H27N3O2S/c1-2-16-9-5-12(6-10-16)11-15-19(17,18)13-3-7-14-8-4-13/h12-15H,2-11H2,1H3. The van der Waals surface area contributed by atoms with E-state index < -0.39 is 10.0 Å². The van der Waals surface area contributed by atoms with Crippen LogP contribution in [0.15, 0.2) is 0 Å². The Morgan fingerprint density at radius 1 is 1.16 bits per heavy atom. The summed E-state index contributed by atoms with van der Waals surface area (Å²) in [6.45, 7) is 7.77. The molecule has 0 amide bonds. The van der Waals surface area contributed by atoms with Crippen LogP contribution in [0.2, 0.25) is 0 Å². The fourth-order valence-corrected chi connectivity index (χ4v) is 4.52. The lowest BCUT2D eigenvalue weighted by Gasteiger charge is -2.31. The maximum atomic E-state index is 12.2. The smallest absolute Gasteiger partial charge is 0.214 e. The summed E-state index contributed by atoms with van der Waals surface area (Å²) in [5.74, 6) is 0.513. The molecule has 6 heteroatoms. The fourth-order valence-electron chi connectivity index (χ4n) is 2.96. The van der Waals surface area contributed by atoms with E-state index in [2.05, 4.69) is 21.9 Å². The van der Waals surface area contributed by atoms with Gasteiger partial charge in [-0.2, -0.15) is 0 Å². The second-order valence-corrected chi connectivity index (χ2v) is 7.77. The van der Waals surface area contributed by atoms with Gasteiger partial charge in [-0.25, -0.2) is 13.1 Å². The number of hydrogen-bond acceptors (Lipinski definition) is 4. The summed E-state index contributed by atoms with van der Waals surface area (Å²) in [5, 5.41) is 3.02. The summed E-state index contributed by atoms with van der Waals surface area (Å²) in [6.07, 6.45) is 3.71. The Morgan fingerprint density at radius 2 is 1.79 bits per heavy atom. The van der Waals surface area contributed by atoms with Gasteiger partial charge >= 0.3 is 0 Å². The highest BCUT2D eigenvalue weighted by Gasteiger charge is 2.28. The van der Waals surface area contributed by atoms with Gasteiger partial charge in [0.05, 0.1) is 5.25 Å². The molecule has 0 aromatic heterocycles. The van der Waals surface area contributed by atoms with Gasteiger partial charge in [0.25, 0.3) is 0 Å². The van der Waals surface area contributed by atoms with Crippen molar-refractivity contribution < 1.29 is 8.42 Å². The molecular formula is C13H27N3O2S. The summed E-state index contributed by atoms with van der Waals surface area (Å²) in [6, 6.07) is 0. The zero-order chi connectivity index (χ0) is 13.7. The van der Waals surface area contributed by atoms with E-state index >= 15 is 0 Å². The number of nitrogens with one attached hydrogen (secondary N) is 2. The summed E-state index contributed by atoms with van der Waals surface area (Å²) < 4.78 is 27.3. The van der Waals surface area contributed by atoms with Gasteiger partial charge in [0.1, 0.15) is 0 Å². The van der Waals surface area contributed by atoms with Gasteiger partial charge in [-0.1, -0.05) is 6.92 Å². The monoisotopic (exact) mass is 289 g/mol. The maximum Gasteiger partial charge on any atom is 0.214 e. The summed E-state index contributed by atoms with van der Waals surface area (Å²) in [4.78, 5) is 2.43. The molecule has 2 aliphatic rings. The number of hydrogen-bond donors (Lipinski definition) is 2. The van der Waals surface area contributed by atoms with Gasteiger partial charge in [0, 0.05) is 6.54 Å². The number of sulfonamides is 1. The molecule has 0 unspecified atom stereocenters. The summed E-state index contributed by atoms with van der Waals surface area (Å²) in [7, 11) is -3.11. The minimum absolute atomic E-state index is 0.190. The first-order valence-corrected chi connectivity index (χ1v) is 9.08. The molecule has 0 spiro atoms. The first-order valence-electron chi connectivity index (χ1n) is 7.53. The van der Waals surface area contributed by atoms with Crippen LogP contribution in [0.4, 0.5) is 0 Å². The molecule has 2 fully saturated rings. The van der Waals surface area contributed by atoms with Gasteiger partial charge in [0.2, 0.25) is 10.0 Å². The molecule has 5 nitrogen and oxygen atoms in total. The zero-order valence-electron chi connectivity index (χ0n) is 11.9. The van der Waals surface area contributed by atoms with E-state index in [1.54, 1.807) is 0 Å². The van der Waals surface area contributed by atoms with Gasteiger partial charge < -0.3 is 10.2 Å². The Bertz CT molecular complexity index is 358. The second-order valence-electron chi connectivity index (χ2n) is 5.72. The summed E-state index contributed by atoms with van der Waals surface area (Å²) >= 11 is 0. The summed E-state index contributed by atoms with van der Waals surface area (Å²) in [5.41, 5.74) is 0. The van der Waals surface area contributed by atoms with Crippen molar-refractivity contribution in [3.63, 3.8) is 0 Å². The van der Waals surface area contributed by atoms with Gasteiger partial charge in [-0.15, -0.1) is 0 Å². The average molecular weight is 289 g/mol. The topological polar surface area (TPSA) is 61.4 Å². The molecule has 2 rings (SSSR count). The van der Waals surface area contributed by atoms with Crippen molar-refractivity contribution >= 4 is 10.0 Å². The molecule has 19 heavy (non-hydrogen) atoms. The highest BCUT2D eigenvalue weighted by atomic mass is 32.2. The first kappa shape index (κ1) is 15.2. The molecule has 0 radical (unpaired) electrons. The molecule has 0 aliphatic carbocycles. The molecule has 0 saturated carbocycles. The van der Waals surface area contributed by atoms with Crippen LogP contribution in [0, 0.1) is 5.92 Å². The van der Waals surface area contributed by atoms with Crippen molar-refractivity contribution in [1.29, 1.82) is 0 Å². The van der Waals surface area contributed by atoms with Crippen molar-refractivity contribution in [3.05, 3.63) is 0 Å². The molecule has 2 N–H and O–H groups in total. The van der Waals surface area contributed by atoms with Crippen LogP contribution in [-0.2, 0) is 10.0 Å². The Hall–Kier alpha value is -0.170. The van der Waals surface area contributed by atoms with E-state index in [4.69, 9.17) is 0 Å². The Balaban J connectivity index is 1.75. The molecular weight excluding hydrogens is 262 g/mol. The van der Waals surface area contributed by atoms with Crippen molar-refractivity contribution in [3.8, 4) is 0 Å². The van der Waals surface area contributed by atoms with E-state index in [0.29, 0.717) is 12.5 Å². The number of likely N-dealkylation sites (tertiary alicyclic amines) is 1. The van der Waals surface area contributed by atoms with Gasteiger partial charge in [0.15, 0.2) is 0 Å². The Kier molecular flexibility index (Phi) is 5.62. The molecule has 0 aromatic rings. The number of rotatable bonds is 5. The van der Waals surface area contributed by atoms with Crippen molar-refractivity contribution in [2.45, 2.75) is 37.9 Å². The third-order valence-electron chi connectivity index (χ3n) is 4.45. The normalized spacial score (nSPS) is 24.7. The molecule has 0 aromatic carbocycles. The highest BCUT2D eigenvalue weighted by Crippen LogP contribution is 2.17. The third-order valence-corrected chi connectivity index (χ3v) is 6.37. The minimum Gasteiger partial charge on any atom is -0.317 e. The lowest BCUT2D eigenvalue weighted by molar-refractivity contribution is 0.193. The predicted octanol–water partition coefficient (Wildman–Crippen LogP) is 0.390. The van der Waals surface area contributed by atoms with E-state index in [0.717, 1.165) is 58.4 Å². The van der Waals surface area contributed by atoms with Gasteiger partial charge in [-0.3, -0.25) is 0 Å². The van der Waals surface area contributed by atoms with Crippen LogP contribution >= 0.6 is 0 Å².